The Bertz CT molecular complexity index is 1160. The van der Waals surface area contributed by atoms with Crippen molar-refractivity contribution in [2.45, 2.75) is 19.4 Å². The van der Waals surface area contributed by atoms with Gasteiger partial charge >= 0.3 is 5.91 Å². The number of anilines is 1. The lowest BCUT2D eigenvalue weighted by molar-refractivity contribution is -0.132. The number of rotatable bonds is 7. The van der Waals surface area contributed by atoms with Crippen molar-refractivity contribution in [3.63, 3.8) is 0 Å². The van der Waals surface area contributed by atoms with E-state index >= 15 is 0 Å². The molecule has 0 aliphatic carbocycles. The third-order valence-corrected chi connectivity index (χ3v) is 5.85. The number of carbonyl (C=O) groups excluding carboxylic acids is 2. The summed E-state index contributed by atoms with van der Waals surface area (Å²) in [7, 11) is 1.52. The summed E-state index contributed by atoms with van der Waals surface area (Å²) in [4.78, 5) is 31.7. The molecular weight excluding hydrogens is 428 g/mol. The average Bonchev–Trinajstić information content (AvgIpc) is 3.44. The van der Waals surface area contributed by atoms with Crippen LogP contribution in [0.1, 0.15) is 30.5 Å². The molecule has 0 saturated carbocycles. The molecule has 2 aromatic carbocycles. The number of aromatic nitrogens is 1. The lowest BCUT2D eigenvalue weighted by Crippen LogP contribution is -2.29. The fourth-order valence-electron chi connectivity index (χ4n) is 3.57. The molecule has 7 nitrogen and oxygen atoms in total. The van der Waals surface area contributed by atoms with Crippen LogP contribution in [0.25, 0.3) is 5.76 Å². The zero-order chi connectivity index (χ0) is 22.7. The Morgan fingerprint density at radius 1 is 1.16 bits per heavy atom. The third kappa shape index (κ3) is 3.97. The molecule has 1 fully saturated rings. The topological polar surface area (TPSA) is 89.0 Å². The van der Waals surface area contributed by atoms with Crippen LogP contribution in [0.5, 0.6) is 11.5 Å². The minimum absolute atomic E-state index is 0.000629. The van der Waals surface area contributed by atoms with E-state index in [1.807, 2.05) is 6.92 Å². The molecule has 0 bridgehead atoms. The molecule has 1 saturated heterocycles. The Labute approximate surface area is 189 Å². The maximum absolute atomic E-state index is 13.1. The van der Waals surface area contributed by atoms with Crippen LogP contribution in [0.2, 0.25) is 0 Å². The highest BCUT2D eigenvalue weighted by atomic mass is 32.1. The largest absolute Gasteiger partial charge is 0.507 e. The van der Waals surface area contributed by atoms with E-state index in [0.717, 1.165) is 6.42 Å². The second-order valence-electron chi connectivity index (χ2n) is 7.13. The number of hydrogen-bond donors (Lipinski definition) is 1. The van der Waals surface area contributed by atoms with E-state index in [1.54, 1.807) is 60.1 Å². The highest BCUT2D eigenvalue weighted by molar-refractivity contribution is 7.14. The van der Waals surface area contributed by atoms with Gasteiger partial charge in [0.05, 0.1) is 25.3 Å². The third-order valence-electron chi connectivity index (χ3n) is 5.08. The maximum atomic E-state index is 13.1. The van der Waals surface area contributed by atoms with E-state index in [0.29, 0.717) is 34.4 Å². The molecule has 164 valence electrons. The van der Waals surface area contributed by atoms with Crippen LogP contribution >= 0.6 is 11.3 Å². The number of aliphatic hydroxyl groups is 1. The summed E-state index contributed by atoms with van der Waals surface area (Å²) in [6, 6.07) is 13.1. The second-order valence-corrected chi connectivity index (χ2v) is 8.01. The summed E-state index contributed by atoms with van der Waals surface area (Å²) < 4.78 is 10.9. The molecule has 1 amide bonds. The van der Waals surface area contributed by atoms with E-state index in [9.17, 15) is 14.7 Å². The summed E-state index contributed by atoms with van der Waals surface area (Å²) in [5.41, 5.74) is 1.04. The van der Waals surface area contributed by atoms with Gasteiger partial charge in [0.15, 0.2) is 5.13 Å². The number of ether oxygens (including phenoxy) is 2. The standard InChI is InChI=1S/C24H22N2O5S/c1-3-12-31-17-9-7-15(8-10-17)20-19(21(27)16-5-4-6-18(14-16)30-2)22(28)23(29)26(20)24-25-11-13-32-24/h4-11,13-14,20,27H,3,12H2,1-2H3. The molecule has 1 aromatic heterocycles. The van der Waals surface area contributed by atoms with Crippen LogP contribution in [0, 0.1) is 0 Å². The predicted octanol–water partition coefficient (Wildman–Crippen LogP) is 4.57. The van der Waals surface area contributed by atoms with Crippen LogP contribution in [0.3, 0.4) is 0 Å². The molecule has 1 unspecified atom stereocenters. The van der Waals surface area contributed by atoms with Crippen molar-refractivity contribution in [3.05, 3.63) is 76.8 Å². The summed E-state index contributed by atoms with van der Waals surface area (Å²) in [5.74, 6) is -0.554. The smallest absolute Gasteiger partial charge is 0.301 e. The molecule has 1 aliphatic rings. The molecule has 3 aromatic rings. The number of methoxy groups -OCH3 is 1. The van der Waals surface area contributed by atoms with Gasteiger partial charge in [-0.1, -0.05) is 31.2 Å². The first-order valence-electron chi connectivity index (χ1n) is 10.1. The predicted molar refractivity (Wildman–Crippen MR) is 122 cm³/mol. The summed E-state index contributed by atoms with van der Waals surface area (Å²) in [5, 5.41) is 13.2. The lowest BCUT2D eigenvalue weighted by Gasteiger charge is -2.23. The van der Waals surface area contributed by atoms with Crippen LogP contribution in [-0.4, -0.2) is 35.5 Å². The van der Waals surface area contributed by atoms with Crippen molar-refractivity contribution in [2.75, 3.05) is 18.6 Å². The van der Waals surface area contributed by atoms with Gasteiger partial charge in [0.2, 0.25) is 0 Å². The number of nitrogens with zero attached hydrogens (tertiary/aromatic N) is 2. The molecule has 4 rings (SSSR count). The number of aliphatic hydroxyl groups excluding tert-OH is 1. The molecule has 2 heterocycles. The minimum atomic E-state index is -0.826. The van der Waals surface area contributed by atoms with Gasteiger partial charge in [0.25, 0.3) is 5.78 Å². The zero-order valence-corrected chi connectivity index (χ0v) is 18.5. The number of thiazole rings is 1. The number of carbonyl (C=O) groups is 2. The lowest BCUT2D eigenvalue weighted by atomic mass is 9.95. The first-order valence-corrected chi connectivity index (χ1v) is 11.0. The highest BCUT2D eigenvalue weighted by Crippen LogP contribution is 2.43. The quantitative estimate of drug-likeness (QED) is 0.322. The Balaban J connectivity index is 1.85. The average molecular weight is 451 g/mol. The number of Topliss-reactive ketones (excluding diaryl/α,β-unsaturated/α-hetero) is 1. The molecule has 1 aliphatic heterocycles. The molecule has 0 spiro atoms. The Morgan fingerprint density at radius 2 is 1.94 bits per heavy atom. The van der Waals surface area contributed by atoms with Gasteiger partial charge in [-0.05, 0) is 36.2 Å². The van der Waals surface area contributed by atoms with Crippen LogP contribution in [0.15, 0.2) is 65.7 Å². The SMILES string of the molecule is CCCOc1ccc(C2C(=C(O)c3cccc(OC)c3)C(=O)C(=O)N2c2nccs2)cc1. The molecule has 32 heavy (non-hydrogen) atoms. The van der Waals surface area contributed by atoms with Gasteiger partial charge in [-0.25, -0.2) is 4.98 Å². The van der Waals surface area contributed by atoms with Crippen LogP contribution in [0.4, 0.5) is 5.13 Å². The Kier molecular flexibility index (Phi) is 6.23. The van der Waals surface area contributed by atoms with Crippen molar-refractivity contribution in [1.29, 1.82) is 0 Å². The van der Waals surface area contributed by atoms with E-state index < -0.39 is 17.7 Å². The Morgan fingerprint density at radius 3 is 2.59 bits per heavy atom. The van der Waals surface area contributed by atoms with Crippen molar-refractivity contribution >= 4 is 33.9 Å². The first kappa shape index (κ1) is 21.6. The summed E-state index contributed by atoms with van der Waals surface area (Å²) in [6.45, 7) is 2.61. The van der Waals surface area contributed by atoms with E-state index in [4.69, 9.17) is 9.47 Å². The highest BCUT2D eigenvalue weighted by Gasteiger charge is 2.48. The summed E-state index contributed by atoms with van der Waals surface area (Å²) in [6.07, 6.45) is 2.45. The molecule has 1 N–H and O–H groups in total. The molecule has 0 radical (unpaired) electrons. The number of benzene rings is 2. The number of ketones is 1. The van der Waals surface area contributed by atoms with Gasteiger partial charge in [-0.3, -0.25) is 14.5 Å². The first-order chi connectivity index (χ1) is 15.5. The van der Waals surface area contributed by atoms with Gasteiger partial charge < -0.3 is 14.6 Å². The van der Waals surface area contributed by atoms with Crippen molar-refractivity contribution < 1.29 is 24.2 Å². The monoisotopic (exact) mass is 450 g/mol. The van der Waals surface area contributed by atoms with E-state index in [-0.39, 0.29) is 11.3 Å². The van der Waals surface area contributed by atoms with Gasteiger partial charge in [-0.15, -0.1) is 11.3 Å². The maximum Gasteiger partial charge on any atom is 0.301 e. The van der Waals surface area contributed by atoms with Gasteiger partial charge in [0, 0.05) is 17.1 Å². The Hall–Kier alpha value is -3.65. The fourth-order valence-corrected chi connectivity index (χ4v) is 4.24. The summed E-state index contributed by atoms with van der Waals surface area (Å²) >= 11 is 1.25. The number of hydrogen-bond acceptors (Lipinski definition) is 7. The normalized spacial score (nSPS) is 17.6. The van der Waals surface area contributed by atoms with E-state index in [2.05, 4.69) is 4.98 Å². The molecular formula is C24H22N2O5S. The van der Waals surface area contributed by atoms with E-state index in [1.165, 1.54) is 23.3 Å². The molecule has 1 atom stereocenters. The van der Waals surface area contributed by atoms with Crippen molar-refractivity contribution in [2.24, 2.45) is 0 Å². The fraction of sp³-hybridized carbons (Fsp3) is 0.208. The van der Waals surface area contributed by atoms with Gasteiger partial charge in [-0.2, -0.15) is 0 Å². The van der Waals surface area contributed by atoms with Crippen LogP contribution in [-0.2, 0) is 9.59 Å². The zero-order valence-electron chi connectivity index (χ0n) is 17.6. The number of amides is 1. The van der Waals surface area contributed by atoms with Crippen molar-refractivity contribution in [3.8, 4) is 11.5 Å². The minimum Gasteiger partial charge on any atom is -0.507 e. The molecule has 8 heteroatoms. The van der Waals surface area contributed by atoms with Crippen LogP contribution < -0.4 is 14.4 Å². The van der Waals surface area contributed by atoms with Gasteiger partial charge in [0.1, 0.15) is 17.3 Å². The second kappa shape index (κ2) is 9.23. The van der Waals surface area contributed by atoms with Crippen molar-refractivity contribution in [1.82, 2.24) is 4.98 Å².